The van der Waals surface area contributed by atoms with Crippen LogP contribution in [0.2, 0.25) is 0 Å². The minimum Gasteiger partial charge on any atom is -0.485 e. The van der Waals surface area contributed by atoms with Gasteiger partial charge in [-0.2, -0.15) is 0 Å². The molecule has 2 N–H and O–H groups in total. The molecule has 23 heavy (non-hydrogen) atoms. The molecule has 4 rings (SSSR count). The lowest BCUT2D eigenvalue weighted by Crippen LogP contribution is -2.51. The van der Waals surface area contributed by atoms with Gasteiger partial charge < -0.3 is 9.47 Å². The van der Waals surface area contributed by atoms with E-state index in [2.05, 4.69) is 10.9 Å². The van der Waals surface area contributed by atoms with Crippen LogP contribution < -0.4 is 20.3 Å². The number of hydrazine groups is 1. The molecule has 122 valence electrons. The molecule has 6 nitrogen and oxygen atoms in total. The summed E-state index contributed by atoms with van der Waals surface area (Å²) in [5.74, 6) is 1.97. The molecule has 1 aromatic rings. The van der Waals surface area contributed by atoms with Crippen molar-refractivity contribution < 1.29 is 19.1 Å². The Morgan fingerprint density at radius 2 is 1.78 bits per heavy atom. The minimum absolute atomic E-state index is 0.0600. The number of ether oxygens (including phenoxy) is 2. The molecule has 0 aromatic heterocycles. The molecular weight excluding hydrogens is 296 g/mol. The largest absolute Gasteiger partial charge is 0.485 e. The molecular formula is C17H20N2O4. The fourth-order valence-corrected chi connectivity index (χ4v) is 3.35. The van der Waals surface area contributed by atoms with Gasteiger partial charge in [0.05, 0.1) is 0 Å². The molecule has 3 atom stereocenters. The van der Waals surface area contributed by atoms with Crippen LogP contribution in [0.1, 0.15) is 25.7 Å². The van der Waals surface area contributed by atoms with E-state index in [9.17, 15) is 9.59 Å². The summed E-state index contributed by atoms with van der Waals surface area (Å²) in [6, 6.07) is 7.20. The molecule has 0 spiro atoms. The second-order valence-corrected chi connectivity index (χ2v) is 6.54. The first kappa shape index (κ1) is 14.4. The van der Waals surface area contributed by atoms with Crippen LogP contribution in [0.3, 0.4) is 0 Å². The van der Waals surface area contributed by atoms with Crippen molar-refractivity contribution in [3.05, 3.63) is 24.3 Å². The fraction of sp³-hybridized carbons (Fsp3) is 0.529. The van der Waals surface area contributed by atoms with Crippen molar-refractivity contribution in [2.24, 2.45) is 17.8 Å². The Balaban J connectivity index is 1.25. The number of amides is 2. The van der Waals surface area contributed by atoms with Gasteiger partial charge >= 0.3 is 0 Å². The highest BCUT2D eigenvalue weighted by Gasteiger charge is 2.49. The van der Waals surface area contributed by atoms with E-state index in [4.69, 9.17) is 9.47 Å². The van der Waals surface area contributed by atoms with Gasteiger partial charge in [0.2, 0.25) is 12.0 Å². The number of para-hydroxylation sites is 2. The molecule has 2 amide bonds. The van der Waals surface area contributed by atoms with Gasteiger partial charge in [0.15, 0.2) is 11.5 Å². The van der Waals surface area contributed by atoms with Crippen LogP contribution in [0.15, 0.2) is 24.3 Å². The van der Waals surface area contributed by atoms with E-state index < -0.39 is 12.0 Å². The Morgan fingerprint density at radius 3 is 2.52 bits per heavy atom. The first-order valence-electron chi connectivity index (χ1n) is 8.20. The summed E-state index contributed by atoms with van der Waals surface area (Å²) in [4.78, 5) is 24.2. The molecule has 2 aliphatic carbocycles. The normalized spacial score (nSPS) is 28.4. The Hall–Kier alpha value is -2.24. The van der Waals surface area contributed by atoms with E-state index in [1.807, 2.05) is 12.1 Å². The smallest absolute Gasteiger partial charge is 0.283 e. The zero-order chi connectivity index (χ0) is 15.8. The Labute approximate surface area is 134 Å². The van der Waals surface area contributed by atoms with E-state index in [0.29, 0.717) is 23.3 Å². The third-order valence-corrected chi connectivity index (χ3v) is 5.04. The lowest BCUT2D eigenvalue weighted by atomic mass is 9.81. The molecule has 0 bridgehead atoms. The van der Waals surface area contributed by atoms with E-state index in [1.165, 1.54) is 19.3 Å². The van der Waals surface area contributed by atoms with Crippen LogP contribution in [0.25, 0.3) is 0 Å². The zero-order valence-electron chi connectivity index (χ0n) is 12.8. The molecule has 2 saturated carbocycles. The molecule has 0 unspecified atom stereocenters. The summed E-state index contributed by atoms with van der Waals surface area (Å²) < 4.78 is 11.1. The summed E-state index contributed by atoms with van der Waals surface area (Å²) >= 11 is 0. The van der Waals surface area contributed by atoms with Crippen molar-refractivity contribution in [1.82, 2.24) is 10.9 Å². The summed E-state index contributed by atoms with van der Waals surface area (Å²) in [5, 5.41) is 0. The van der Waals surface area contributed by atoms with Crippen LogP contribution in [0.4, 0.5) is 0 Å². The number of nitrogens with one attached hydrogen (secondary N) is 2. The van der Waals surface area contributed by atoms with Gasteiger partial charge in [-0.25, -0.2) is 0 Å². The van der Waals surface area contributed by atoms with Gasteiger partial charge in [-0.05, 0) is 30.4 Å². The number of benzene rings is 1. The molecule has 2 fully saturated rings. The molecule has 3 aliphatic rings. The van der Waals surface area contributed by atoms with Gasteiger partial charge in [0.25, 0.3) is 5.91 Å². The van der Waals surface area contributed by atoms with Gasteiger partial charge in [0, 0.05) is 5.92 Å². The lowest BCUT2D eigenvalue weighted by molar-refractivity contribution is -0.135. The summed E-state index contributed by atoms with van der Waals surface area (Å²) in [6.45, 7) is 0.132. The Bertz CT molecular complexity index is 629. The van der Waals surface area contributed by atoms with Crippen LogP contribution >= 0.6 is 0 Å². The predicted octanol–water partition coefficient (Wildman–Crippen LogP) is 1.41. The predicted molar refractivity (Wildman–Crippen MR) is 81.6 cm³/mol. The molecule has 0 saturated heterocycles. The van der Waals surface area contributed by atoms with Crippen molar-refractivity contribution >= 4 is 11.8 Å². The van der Waals surface area contributed by atoms with E-state index in [-0.39, 0.29) is 18.4 Å². The van der Waals surface area contributed by atoms with Gasteiger partial charge in [0.1, 0.15) is 6.61 Å². The van der Waals surface area contributed by atoms with Gasteiger partial charge in [-0.3, -0.25) is 20.4 Å². The highest BCUT2D eigenvalue weighted by atomic mass is 16.6. The van der Waals surface area contributed by atoms with Crippen LogP contribution in [-0.4, -0.2) is 24.5 Å². The standard InChI is InChI=1S/C17H20N2O4/c20-16(12-8-11(12)10-4-3-5-10)18-19-17(21)15-9-22-13-6-1-2-7-14(13)23-15/h1-2,6-7,10-12,15H,3-5,8-9H2,(H,18,20)(H,19,21)/t11-,12-,15+/m1/s1. The third kappa shape index (κ3) is 2.85. The summed E-state index contributed by atoms with van der Waals surface area (Å²) in [6.07, 6.45) is 3.96. The Kier molecular flexibility index (Phi) is 3.59. The van der Waals surface area contributed by atoms with Crippen molar-refractivity contribution in [1.29, 1.82) is 0 Å². The van der Waals surface area contributed by atoms with Crippen LogP contribution in [0, 0.1) is 17.8 Å². The lowest BCUT2D eigenvalue weighted by Gasteiger charge is -2.26. The van der Waals surface area contributed by atoms with Crippen LogP contribution in [-0.2, 0) is 9.59 Å². The first-order valence-corrected chi connectivity index (χ1v) is 8.20. The molecule has 1 aromatic carbocycles. The van der Waals surface area contributed by atoms with E-state index in [1.54, 1.807) is 12.1 Å². The maximum absolute atomic E-state index is 12.1. The van der Waals surface area contributed by atoms with E-state index >= 15 is 0 Å². The summed E-state index contributed by atoms with van der Waals surface area (Å²) in [5.41, 5.74) is 4.98. The van der Waals surface area contributed by atoms with E-state index in [0.717, 1.165) is 6.42 Å². The van der Waals surface area contributed by atoms with Gasteiger partial charge in [-0.15, -0.1) is 0 Å². The highest BCUT2D eigenvalue weighted by Crippen LogP contribution is 2.51. The molecule has 1 heterocycles. The monoisotopic (exact) mass is 316 g/mol. The average Bonchev–Trinajstić information content (AvgIpc) is 3.30. The first-order chi connectivity index (χ1) is 11.2. The van der Waals surface area contributed by atoms with Crippen LogP contribution in [0.5, 0.6) is 11.5 Å². The Morgan fingerprint density at radius 1 is 1.04 bits per heavy atom. The molecule has 1 aliphatic heterocycles. The van der Waals surface area contributed by atoms with Crippen molar-refractivity contribution in [3.8, 4) is 11.5 Å². The highest BCUT2D eigenvalue weighted by molar-refractivity contribution is 5.87. The van der Waals surface area contributed by atoms with Crippen molar-refractivity contribution in [2.45, 2.75) is 31.8 Å². The number of hydrogen-bond donors (Lipinski definition) is 2. The zero-order valence-corrected chi connectivity index (χ0v) is 12.8. The quantitative estimate of drug-likeness (QED) is 0.827. The number of rotatable bonds is 3. The van der Waals surface area contributed by atoms with Crippen molar-refractivity contribution in [2.75, 3.05) is 6.61 Å². The topological polar surface area (TPSA) is 76.7 Å². The maximum atomic E-state index is 12.1. The van der Waals surface area contributed by atoms with Gasteiger partial charge in [-0.1, -0.05) is 31.4 Å². The summed E-state index contributed by atoms with van der Waals surface area (Å²) in [7, 11) is 0. The SMILES string of the molecule is O=C(NNC(=O)[C@@H]1C[C@@H]1C1CCC1)[C@@H]1COc2ccccc2O1. The number of hydrogen-bond acceptors (Lipinski definition) is 4. The number of fused-ring (bicyclic) bond motifs is 1. The number of carbonyl (C=O) groups excluding carboxylic acids is 2. The number of carbonyl (C=O) groups is 2. The fourth-order valence-electron chi connectivity index (χ4n) is 3.35. The second-order valence-electron chi connectivity index (χ2n) is 6.54. The third-order valence-electron chi connectivity index (χ3n) is 5.04. The van der Waals surface area contributed by atoms with Crippen molar-refractivity contribution in [3.63, 3.8) is 0 Å². The average molecular weight is 316 g/mol. The maximum Gasteiger partial charge on any atom is 0.283 e. The minimum atomic E-state index is -0.758. The molecule has 0 radical (unpaired) electrons. The molecule has 6 heteroatoms. The second kappa shape index (κ2) is 5.76.